The quantitative estimate of drug-likeness (QED) is 0.765. The molecule has 14 heavy (non-hydrogen) atoms. The van der Waals surface area contributed by atoms with E-state index in [4.69, 9.17) is 5.11 Å². The summed E-state index contributed by atoms with van der Waals surface area (Å²) in [4.78, 5) is 0. The summed E-state index contributed by atoms with van der Waals surface area (Å²) in [6.45, 7) is 3.52. The summed E-state index contributed by atoms with van der Waals surface area (Å²) < 4.78 is 0. The highest BCUT2D eigenvalue weighted by molar-refractivity contribution is 5.22. The van der Waals surface area contributed by atoms with Gasteiger partial charge in [-0.25, -0.2) is 0 Å². The van der Waals surface area contributed by atoms with Crippen LogP contribution in [0.15, 0.2) is 24.3 Å². The van der Waals surface area contributed by atoms with Crippen LogP contribution in [-0.2, 0) is 6.42 Å². The molecular weight excluding hydrogens is 176 g/mol. The molecule has 0 radical (unpaired) electrons. The van der Waals surface area contributed by atoms with E-state index in [9.17, 15) is 5.11 Å². The van der Waals surface area contributed by atoms with Crippen LogP contribution < -0.4 is 0 Å². The molecule has 0 fully saturated rings. The van der Waals surface area contributed by atoms with Crippen molar-refractivity contribution in [1.82, 2.24) is 0 Å². The predicted octanol–water partition coefficient (Wildman–Crippen LogP) is 1.67. The van der Waals surface area contributed by atoms with Crippen molar-refractivity contribution in [3.05, 3.63) is 35.4 Å². The molecule has 0 aromatic heterocycles. The Kier molecular flexibility index (Phi) is 3.67. The van der Waals surface area contributed by atoms with E-state index in [2.05, 4.69) is 6.07 Å². The van der Waals surface area contributed by atoms with Crippen LogP contribution in [0.25, 0.3) is 0 Å². The van der Waals surface area contributed by atoms with Gasteiger partial charge in [-0.15, -0.1) is 0 Å². The van der Waals surface area contributed by atoms with Crippen LogP contribution in [0, 0.1) is 6.92 Å². The molecular formula is C12H18O2. The molecule has 2 heteroatoms. The van der Waals surface area contributed by atoms with Crippen molar-refractivity contribution in [2.45, 2.75) is 32.3 Å². The zero-order valence-corrected chi connectivity index (χ0v) is 8.83. The van der Waals surface area contributed by atoms with Crippen LogP contribution in [-0.4, -0.2) is 22.4 Å². The monoisotopic (exact) mass is 194 g/mol. The first kappa shape index (κ1) is 11.2. The number of aliphatic hydroxyl groups is 2. The van der Waals surface area contributed by atoms with E-state index < -0.39 is 5.60 Å². The molecule has 0 saturated carbocycles. The largest absolute Gasteiger partial charge is 0.393 e. The number of hydrogen-bond donors (Lipinski definition) is 2. The molecule has 0 bridgehead atoms. The minimum Gasteiger partial charge on any atom is -0.393 e. The van der Waals surface area contributed by atoms with Gasteiger partial charge in [-0.05, 0) is 32.3 Å². The van der Waals surface area contributed by atoms with Gasteiger partial charge in [0.05, 0.1) is 12.2 Å². The van der Waals surface area contributed by atoms with E-state index in [0.717, 1.165) is 6.42 Å². The second-order valence-electron chi connectivity index (χ2n) is 4.14. The van der Waals surface area contributed by atoms with Crippen LogP contribution >= 0.6 is 0 Å². The Balaban J connectivity index is 2.54. The van der Waals surface area contributed by atoms with Gasteiger partial charge in [0.1, 0.15) is 0 Å². The standard InChI is InChI=1S/C12H18O2/c1-10-4-3-5-11(8-10)6-7-12(2,14)9-13/h3-5,8,13-14H,6-7,9H2,1-2H3. The van der Waals surface area contributed by atoms with E-state index in [1.165, 1.54) is 11.1 Å². The van der Waals surface area contributed by atoms with E-state index in [-0.39, 0.29) is 6.61 Å². The smallest absolute Gasteiger partial charge is 0.0852 e. The lowest BCUT2D eigenvalue weighted by atomic mass is 9.97. The molecule has 1 rings (SSSR count). The van der Waals surface area contributed by atoms with Crippen molar-refractivity contribution in [3.8, 4) is 0 Å². The summed E-state index contributed by atoms with van der Waals surface area (Å²) in [7, 11) is 0. The van der Waals surface area contributed by atoms with Gasteiger partial charge in [0.25, 0.3) is 0 Å². The predicted molar refractivity (Wildman–Crippen MR) is 57.2 cm³/mol. The third-order valence-electron chi connectivity index (χ3n) is 2.38. The first-order chi connectivity index (χ1) is 6.53. The van der Waals surface area contributed by atoms with Crippen LogP contribution in [0.3, 0.4) is 0 Å². The highest BCUT2D eigenvalue weighted by atomic mass is 16.3. The maximum Gasteiger partial charge on any atom is 0.0852 e. The molecule has 2 N–H and O–H groups in total. The van der Waals surface area contributed by atoms with Gasteiger partial charge in [0.2, 0.25) is 0 Å². The van der Waals surface area contributed by atoms with Crippen molar-refractivity contribution in [3.63, 3.8) is 0 Å². The minimum absolute atomic E-state index is 0.182. The fraction of sp³-hybridized carbons (Fsp3) is 0.500. The summed E-state index contributed by atoms with van der Waals surface area (Å²) in [5, 5.41) is 18.5. The molecule has 1 aromatic carbocycles. The van der Waals surface area contributed by atoms with E-state index in [0.29, 0.717) is 6.42 Å². The number of aryl methyl sites for hydroxylation is 2. The van der Waals surface area contributed by atoms with Crippen molar-refractivity contribution < 1.29 is 10.2 Å². The van der Waals surface area contributed by atoms with Crippen molar-refractivity contribution in [2.75, 3.05) is 6.61 Å². The number of rotatable bonds is 4. The van der Waals surface area contributed by atoms with Crippen molar-refractivity contribution in [1.29, 1.82) is 0 Å². The van der Waals surface area contributed by atoms with Crippen LogP contribution in [0.4, 0.5) is 0 Å². The van der Waals surface area contributed by atoms with Crippen LogP contribution in [0.1, 0.15) is 24.5 Å². The maximum atomic E-state index is 9.60. The molecule has 0 amide bonds. The molecule has 1 unspecified atom stereocenters. The van der Waals surface area contributed by atoms with E-state index >= 15 is 0 Å². The third kappa shape index (κ3) is 3.48. The third-order valence-corrected chi connectivity index (χ3v) is 2.38. The zero-order chi connectivity index (χ0) is 10.6. The maximum absolute atomic E-state index is 9.60. The summed E-state index contributed by atoms with van der Waals surface area (Å²) in [5.41, 5.74) is 1.48. The van der Waals surface area contributed by atoms with Crippen LogP contribution in [0.5, 0.6) is 0 Å². The van der Waals surface area contributed by atoms with Gasteiger partial charge < -0.3 is 10.2 Å². The van der Waals surface area contributed by atoms with Gasteiger partial charge in [0.15, 0.2) is 0 Å². The fourth-order valence-electron chi connectivity index (χ4n) is 1.36. The van der Waals surface area contributed by atoms with E-state index in [1.807, 2.05) is 25.1 Å². The average Bonchev–Trinajstić information content (AvgIpc) is 2.15. The van der Waals surface area contributed by atoms with Gasteiger partial charge in [0, 0.05) is 0 Å². The highest BCUT2D eigenvalue weighted by Crippen LogP contribution is 2.14. The summed E-state index contributed by atoms with van der Waals surface area (Å²) >= 11 is 0. The first-order valence-corrected chi connectivity index (χ1v) is 4.92. The lowest BCUT2D eigenvalue weighted by Crippen LogP contribution is -2.29. The topological polar surface area (TPSA) is 40.5 Å². The Morgan fingerprint density at radius 2 is 2.07 bits per heavy atom. The molecule has 0 heterocycles. The van der Waals surface area contributed by atoms with Gasteiger partial charge in [-0.1, -0.05) is 29.8 Å². The van der Waals surface area contributed by atoms with Gasteiger partial charge >= 0.3 is 0 Å². The lowest BCUT2D eigenvalue weighted by Gasteiger charge is -2.19. The highest BCUT2D eigenvalue weighted by Gasteiger charge is 2.18. The molecule has 78 valence electrons. The molecule has 0 saturated heterocycles. The summed E-state index contributed by atoms with van der Waals surface area (Å²) in [6.07, 6.45) is 1.39. The Morgan fingerprint density at radius 1 is 1.36 bits per heavy atom. The molecule has 2 nitrogen and oxygen atoms in total. The Hall–Kier alpha value is -0.860. The summed E-state index contributed by atoms with van der Waals surface area (Å²) in [6, 6.07) is 8.21. The number of hydrogen-bond acceptors (Lipinski definition) is 2. The van der Waals surface area contributed by atoms with Crippen LogP contribution in [0.2, 0.25) is 0 Å². The van der Waals surface area contributed by atoms with Crippen molar-refractivity contribution >= 4 is 0 Å². The SMILES string of the molecule is Cc1cccc(CCC(C)(O)CO)c1. The Labute approximate surface area is 85.2 Å². The first-order valence-electron chi connectivity index (χ1n) is 4.92. The lowest BCUT2D eigenvalue weighted by molar-refractivity contribution is -0.00474. The average molecular weight is 194 g/mol. The van der Waals surface area contributed by atoms with E-state index in [1.54, 1.807) is 6.92 Å². The normalized spacial score (nSPS) is 15.1. The Bertz CT molecular complexity index is 292. The number of benzene rings is 1. The summed E-state index contributed by atoms with van der Waals surface area (Å²) in [5.74, 6) is 0. The minimum atomic E-state index is -0.955. The molecule has 1 aromatic rings. The molecule has 0 aliphatic rings. The zero-order valence-electron chi connectivity index (χ0n) is 8.83. The number of aliphatic hydroxyl groups excluding tert-OH is 1. The van der Waals surface area contributed by atoms with Gasteiger partial charge in [-0.3, -0.25) is 0 Å². The fourth-order valence-corrected chi connectivity index (χ4v) is 1.36. The van der Waals surface area contributed by atoms with Gasteiger partial charge in [-0.2, -0.15) is 0 Å². The molecule has 0 aliphatic heterocycles. The second-order valence-corrected chi connectivity index (χ2v) is 4.14. The molecule has 1 atom stereocenters. The Morgan fingerprint density at radius 3 is 2.64 bits per heavy atom. The van der Waals surface area contributed by atoms with Crippen molar-refractivity contribution in [2.24, 2.45) is 0 Å². The molecule has 0 aliphatic carbocycles. The second kappa shape index (κ2) is 4.58. The molecule has 0 spiro atoms.